The van der Waals surface area contributed by atoms with E-state index in [1.165, 1.54) is 64.2 Å². The summed E-state index contributed by atoms with van der Waals surface area (Å²) in [6, 6.07) is 0. The first-order valence-electron chi connectivity index (χ1n) is 35.8. The van der Waals surface area contributed by atoms with E-state index in [4.69, 9.17) is 50.4 Å². The molecule has 2 N–H and O–H groups in total. The Balaban J connectivity index is 0.00000120. The number of aldehydes is 3. The van der Waals surface area contributed by atoms with E-state index < -0.39 is 45.7 Å². The Hall–Kier alpha value is -0.642. The van der Waals surface area contributed by atoms with E-state index in [1.54, 1.807) is 0 Å². The van der Waals surface area contributed by atoms with E-state index in [0.717, 1.165) is 30.7 Å². The number of alkyl halides is 2. The molecule has 0 aromatic carbocycles. The van der Waals surface area contributed by atoms with E-state index in [0.29, 0.717) is 37.0 Å². The SMILES string of the molecule is C=CC[C@H](O)[C@H](C)[C@@H](O[Si](C)(C)C(C)(C)C)[C@@H](C)/C=C/C1CCCCC1.C[C@@H]([C@@H](C)C=O)[C@@H](C)/C=C/C1CCCCC1.C[C@@H]1[C@H](O[Si](C)(C)C(C)(C)C)[C@@H](C)C(O)O[C@H]1CC=O.C[C@@H]1[C@H](O[Si](C)(C)C(C)(C)C)[C@@H](C)[C@@H](O[Si](C)(C)C(C)(C)C)O[C@H]1CC=O.ClCCl. The molecule has 0 aromatic rings. The van der Waals surface area contributed by atoms with Crippen molar-refractivity contribution < 1.29 is 51.8 Å². The molecule has 2 aliphatic heterocycles. The van der Waals surface area contributed by atoms with Crippen molar-refractivity contribution in [1.82, 2.24) is 0 Å². The van der Waals surface area contributed by atoms with Crippen LogP contribution < -0.4 is 0 Å². The summed E-state index contributed by atoms with van der Waals surface area (Å²) in [7, 11) is -7.75. The maximum Gasteiger partial charge on any atom is 0.195 e. The third kappa shape index (κ3) is 30.1. The molecule has 0 radical (unpaired) electrons. The van der Waals surface area contributed by atoms with Crippen LogP contribution in [0.2, 0.25) is 72.5 Å². The first-order valence-corrected chi connectivity index (χ1v) is 48.5. The van der Waals surface area contributed by atoms with Crippen LogP contribution in [-0.2, 0) is 41.6 Å². The molecule has 0 amide bonds. The third-order valence-corrected chi connectivity index (χ3v) is 40.8. The number of carbonyl (C=O) groups is 3. The molecule has 1 unspecified atom stereocenters. The first-order chi connectivity index (χ1) is 42.0. The van der Waals surface area contributed by atoms with Gasteiger partial charge in [0.05, 0.1) is 42.0 Å². The van der Waals surface area contributed by atoms with Gasteiger partial charge in [-0.05, 0) is 134 Å². The average molecular weight is 1410 g/mol. The average Bonchev–Trinajstić information content (AvgIpc) is 0.795. The lowest BCUT2D eigenvalue weighted by molar-refractivity contribution is -0.237. The van der Waals surface area contributed by atoms with Gasteiger partial charge < -0.3 is 51.8 Å². The van der Waals surface area contributed by atoms with Crippen LogP contribution in [0.25, 0.3) is 0 Å². The van der Waals surface area contributed by atoms with Crippen molar-refractivity contribution in [1.29, 1.82) is 0 Å². The van der Waals surface area contributed by atoms with Gasteiger partial charge in [0.15, 0.2) is 45.8 Å². The second-order valence-electron chi connectivity index (χ2n) is 34.4. The second-order valence-corrected chi connectivity index (χ2v) is 54.3. The minimum absolute atomic E-state index is 0.0411. The van der Waals surface area contributed by atoms with Crippen molar-refractivity contribution in [2.45, 2.75) is 351 Å². The lowest BCUT2D eigenvalue weighted by atomic mass is 9.83. The van der Waals surface area contributed by atoms with Crippen LogP contribution in [0.4, 0.5) is 0 Å². The summed E-state index contributed by atoms with van der Waals surface area (Å²) in [4.78, 5) is 32.8. The molecule has 2 saturated heterocycles. The normalized spacial score (nSPS) is 27.6. The van der Waals surface area contributed by atoms with Crippen LogP contribution in [0.3, 0.4) is 0 Å². The van der Waals surface area contributed by atoms with Crippen LogP contribution in [0.5, 0.6) is 0 Å². The van der Waals surface area contributed by atoms with Crippen molar-refractivity contribution in [3.63, 3.8) is 0 Å². The molecular weight excluding hydrogens is 1260 g/mol. The summed E-state index contributed by atoms with van der Waals surface area (Å²) in [5.41, 5.74) is 0. The molecule has 17 atom stereocenters. The summed E-state index contributed by atoms with van der Waals surface area (Å²) < 4.78 is 38.7. The van der Waals surface area contributed by atoms with Gasteiger partial charge in [0.2, 0.25) is 0 Å². The summed E-state index contributed by atoms with van der Waals surface area (Å²) >= 11 is 9.53. The highest BCUT2D eigenvalue weighted by molar-refractivity contribution is 6.75. The number of aliphatic hydroxyl groups is 2. The highest BCUT2D eigenvalue weighted by atomic mass is 35.5. The predicted octanol–water partition coefficient (Wildman–Crippen LogP) is 21.3. The summed E-state index contributed by atoms with van der Waals surface area (Å²) in [6.45, 7) is 68.0. The largest absolute Gasteiger partial charge is 0.413 e. The number of ether oxygens (including phenoxy) is 2. The number of allylic oxidation sites excluding steroid dienone is 3. The van der Waals surface area contributed by atoms with Crippen molar-refractivity contribution in [2.75, 3.05) is 5.34 Å². The smallest absolute Gasteiger partial charge is 0.195 e. The Labute approximate surface area is 581 Å². The van der Waals surface area contributed by atoms with Crippen molar-refractivity contribution >= 4 is 75.3 Å². The lowest BCUT2D eigenvalue weighted by Gasteiger charge is -2.51. The molecule has 4 fully saturated rings. The standard InChI is InChI=1S/C23H44O2Si.C21H44O4Si2.C15H30O4Si.C15H26O.CH2Cl2/c1-9-13-21(24)19(3)22(25-26(7,8)23(4,5)6)18(2)16-17-20-14-11-10-12-15-20;1-15-17(13-14-22)23-19(25-27(11,12)21(6,7)8)16(2)18(15)24-26(9,10)20(3,4)5;1-10-12(8-9-16)18-14(17)11(2)13(10)19-20(6,7)15(3,4)5;1-12(14(3)13(2)11-16)9-10-15-7-5-4-6-8-15;2-1-3/h9,16-22,24H,1,10-15H2,2-8H3;14-19H,13H2,1-12H3;9-14,17H,8H2,1-7H3;9-15H,4-8H2,1-3H3;1H2/b17-16+;;;10-9+;/t18-,19-,21-,22-;15-,16+,17-,18-,19+;10-,11+,12-,13-,14?;12-,13-,14+;/m0000./s1. The molecule has 4 aliphatic rings. The number of halogens is 2. The Morgan fingerprint density at radius 1 is 0.522 bits per heavy atom. The van der Waals surface area contributed by atoms with Gasteiger partial charge in [-0.1, -0.05) is 214 Å². The molecular formula is C75H146Cl2O11Si4. The number of aliphatic hydroxyl groups excluding tert-OH is 2. The zero-order valence-corrected chi connectivity index (χ0v) is 70.0. The Bertz CT molecular complexity index is 2120. The molecule has 17 heteroatoms. The highest BCUT2D eigenvalue weighted by Gasteiger charge is 2.51. The van der Waals surface area contributed by atoms with Gasteiger partial charge in [-0.2, -0.15) is 0 Å². The maximum atomic E-state index is 11.3. The highest BCUT2D eigenvalue weighted by Crippen LogP contribution is 2.47. The predicted molar refractivity (Wildman–Crippen MR) is 403 cm³/mol. The zero-order chi connectivity index (χ0) is 71.8. The molecule has 2 saturated carbocycles. The van der Waals surface area contributed by atoms with Crippen molar-refractivity contribution in [3.8, 4) is 0 Å². The quantitative estimate of drug-likeness (QED) is 0.0412. The number of hydrogen-bond donors (Lipinski definition) is 2. The topological polar surface area (TPSA) is 147 Å². The summed E-state index contributed by atoms with van der Waals surface area (Å²) in [6.07, 6.45) is 27.3. The van der Waals surface area contributed by atoms with E-state index in [9.17, 15) is 24.6 Å². The minimum Gasteiger partial charge on any atom is -0.413 e. The van der Waals surface area contributed by atoms with Crippen molar-refractivity contribution in [3.05, 3.63) is 37.0 Å². The third-order valence-electron chi connectivity index (χ3n) is 22.9. The van der Waals surface area contributed by atoms with Gasteiger partial charge >= 0.3 is 0 Å². The maximum absolute atomic E-state index is 11.3. The summed E-state index contributed by atoms with van der Waals surface area (Å²) in [5.74, 6) is 3.39. The van der Waals surface area contributed by atoms with E-state index >= 15 is 0 Å². The van der Waals surface area contributed by atoms with Gasteiger partial charge in [0, 0.05) is 48.3 Å². The van der Waals surface area contributed by atoms with E-state index in [-0.39, 0.29) is 97.8 Å². The molecule has 2 aliphatic carbocycles. The molecule has 0 bridgehead atoms. The van der Waals surface area contributed by atoms with Crippen LogP contribution >= 0.6 is 23.2 Å². The van der Waals surface area contributed by atoms with Crippen molar-refractivity contribution in [2.24, 2.45) is 65.1 Å². The fourth-order valence-electron chi connectivity index (χ4n) is 11.4. The van der Waals surface area contributed by atoms with Crippen LogP contribution in [0, 0.1) is 65.1 Å². The Kier molecular flexibility index (Phi) is 40.9. The van der Waals surface area contributed by atoms with Gasteiger partial charge in [0.25, 0.3) is 0 Å². The fourth-order valence-corrected chi connectivity index (χ4v) is 17.0. The first kappa shape index (κ1) is 91.4. The molecule has 11 nitrogen and oxygen atoms in total. The minimum atomic E-state index is -1.99. The van der Waals surface area contributed by atoms with E-state index in [1.807, 2.05) is 26.8 Å². The Morgan fingerprint density at radius 3 is 1.24 bits per heavy atom. The van der Waals surface area contributed by atoms with Crippen LogP contribution in [0.15, 0.2) is 37.0 Å². The number of rotatable bonds is 24. The monoisotopic (exact) mass is 1400 g/mol. The molecule has 0 spiro atoms. The molecule has 92 heavy (non-hydrogen) atoms. The zero-order valence-electron chi connectivity index (χ0n) is 64.5. The van der Waals surface area contributed by atoms with Gasteiger partial charge in [0.1, 0.15) is 18.9 Å². The number of hydrogen-bond acceptors (Lipinski definition) is 11. The number of carbonyl (C=O) groups excluding carboxylic acids is 3. The lowest BCUT2D eigenvalue weighted by Crippen LogP contribution is -2.58. The fraction of sp³-hybridized carbons (Fsp3) is 0.880. The van der Waals surface area contributed by atoms with Gasteiger partial charge in [-0.15, -0.1) is 29.8 Å². The molecule has 0 aromatic heterocycles. The Morgan fingerprint density at radius 2 is 0.880 bits per heavy atom. The molecule has 2 heterocycles. The van der Waals surface area contributed by atoms with Crippen LogP contribution in [0.1, 0.15) is 229 Å². The molecule has 4 rings (SSSR count). The summed E-state index contributed by atoms with van der Waals surface area (Å²) in [5, 5.41) is 21.4. The second kappa shape index (κ2) is 41.2. The van der Waals surface area contributed by atoms with Gasteiger partial charge in [-0.3, -0.25) is 0 Å². The van der Waals surface area contributed by atoms with Gasteiger partial charge in [-0.25, -0.2) is 0 Å². The molecule has 542 valence electrons. The van der Waals surface area contributed by atoms with Crippen LogP contribution in [-0.4, -0.2) is 117 Å². The van der Waals surface area contributed by atoms with E-state index in [2.05, 4.69) is 208 Å².